The molecular formula is C21H37Cl2N3O2. The molecule has 0 bridgehead atoms. The lowest BCUT2D eigenvalue weighted by Crippen LogP contribution is -2.52. The van der Waals surface area contributed by atoms with Gasteiger partial charge < -0.3 is 15.8 Å². The van der Waals surface area contributed by atoms with Crippen LogP contribution in [0.25, 0.3) is 0 Å². The van der Waals surface area contributed by atoms with Crippen molar-refractivity contribution in [1.29, 1.82) is 0 Å². The third kappa shape index (κ3) is 7.53. The van der Waals surface area contributed by atoms with Crippen LogP contribution in [0, 0.1) is 11.8 Å². The highest BCUT2D eigenvalue weighted by molar-refractivity contribution is 5.85. The van der Waals surface area contributed by atoms with Gasteiger partial charge in [-0.15, -0.1) is 24.8 Å². The van der Waals surface area contributed by atoms with Crippen molar-refractivity contribution < 1.29 is 9.53 Å². The van der Waals surface area contributed by atoms with Crippen LogP contribution in [0.5, 0.6) is 0 Å². The summed E-state index contributed by atoms with van der Waals surface area (Å²) < 4.78 is 5.50. The van der Waals surface area contributed by atoms with E-state index in [2.05, 4.69) is 24.1 Å². The number of hydrogen-bond donors (Lipinski definition) is 2. The number of benzene rings is 1. The van der Waals surface area contributed by atoms with E-state index in [0.717, 1.165) is 44.7 Å². The van der Waals surface area contributed by atoms with Crippen molar-refractivity contribution in [2.75, 3.05) is 32.8 Å². The first kappa shape index (κ1) is 27.1. The molecule has 1 aliphatic rings. The molecule has 1 aromatic rings. The third-order valence-electron chi connectivity index (χ3n) is 5.73. The van der Waals surface area contributed by atoms with Gasteiger partial charge in [0.05, 0.1) is 19.1 Å². The number of carbonyl (C=O) groups is 1. The number of ether oxygens (including phenoxy) is 1. The van der Waals surface area contributed by atoms with Crippen LogP contribution in [0.3, 0.4) is 0 Å². The highest BCUT2D eigenvalue weighted by Gasteiger charge is 2.29. The Balaban J connectivity index is 0.00000364. The van der Waals surface area contributed by atoms with Crippen molar-refractivity contribution in [1.82, 2.24) is 10.2 Å². The highest BCUT2D eigenvalue weighted by Crippen LogP contribution is 2.21. The molecule has 1 fully saturated rings. The SMILES string of the molecule is CCC(CC)C(CNC(=O)C(C)C(N)c1ccccc1)N1CCOCC1.Cl.Cl. The second-order valence-electron chi connectivity index (χ2n) is 7.26. The molecule has 0 aromatic heterocycles. The molecule has 0 radical (unpaired) electrons. The number of rotatable bonds is 9. The molecule has 1 amide bonds. The van der Waals surface area contributed by atoms with Gasteiger partial charge in [0.25, 0.3) is 0 Å². The van der Waals surface area contributed by atoms with E-state index in [0.29, 0.717) is 18.5 Å². The summed E-state index contributed by atoms with van der Waals surface area (Å²) in [4.78, 5) is 15.2. The van der Waals surface area contributed by atoms with Crippen LogP contribution in [0.15, 0.2) is 30.3 Å². The summed E-state index contributed by atoms with van der Waals surface area (Å²) in [6, 6.07) is 9.92. The lowest BCUT2D eigenvalue weighted by Gasteiger charge is -2.39. The van der Waals surface area contributed by atoms with Crippen molar-refractivity contribution in [3.8, 4) is 0 Å². The fourth-order valence-electron chi connectivity index (χ4n) is 3.83. The molecule has 0 aliphatic carbocycles. The second-order valence-corrected chi connectivity index (χ2v) is 7.26. The summed E-state index contributed by atoms with van der Waals surface area (Å²) in [6.07, 6.45) is 2.24. The van der Waals surface area contributed by atoms with E-state index in [1.54, 1.807) is 0 Å². The van der Waals surface area contributed by atoms with E-state index in [1.165, 1.54) is 0 Å². The molecule has 3 N–H and O–H groups in total. The number of nitrogens with two attached hydrogens (primary N) is 1. The molecule has 162 valence electrons. The lowest BCUT2D eigenvalue weighted by atomic mass is 9.91. The number of carbonyl (C=O) groups excluding carboxylic acids is 1. The van der Waals surface area contributed by atoms with Gasteiger partial charge >= 0.3 is 0 Å². The standard InChI is InChI=1S/C21H35N3O2.2ClH/c1-4-17(5-2)19(24-11-13-26-14-12-24)15-23-21(25)16(3)20(22)18-9-7-6-8-10-18;;/h6-10,16-17,19-20H,4-5,11-15,22H2,1-3H3,(H,23,25);2*1H. The quantitative estimate of drug-likeness (QED) is 0.625. The Morgan fingerprint density at radius 3 is 2.25 bits per heavy atom. The van der Waals surface area contributed by atoms with E-state index in [-0.39, 0.29) is 42.7 Å². The molecule has 5 nitrogen and oxygen atoms in total. The number of halogens is 2. The Hall–Kier alpha value is -0.850. The van der Waals surface area contributed by atoms with E-state index >= 15 is 0 Å². The molecule has 1 heterocycles. The minimum atomic E-state index is -0.286. The molecular weight excluding hydrogens is 397 g/mol. The minimum absolute atomic E-state index is 0. The molecule has 1 aromatic carbocycles. The maximum atomic E-state index is 12.7. The zero-order valence-corrected chi connectivity index (χ0v) is 18.9. The van der Waals surface area contributed by atoms with Crippen LogP contribution in [-0.2, 0) is 9.53 Å². The van der Waals surface area contributed by atoms with E-state index in [1.807, 2.05) is 37.3 Å². The number of hydrogen-bond acceptors (Lipinski definition) is 4. The summed E-state index contributed by atoms with van der Waals surface area (Å²) in [5, 5.41) is 3.18. The van der Waals surface area contributed by atoms with E-state index in [9.17, 15) is 4.79 Å². The molecule has 3 atom stereocenters. The van der Waals surface area contributed by atoms with Crippen LogP contribution in [-0.4, -0.2) is 49.7 Å². The lowest BCUT2D eigenvalue weighted by molar-refractivity contribution is -0.125. The Morgan fingerprint density at radius 2 is 1.71 bits per heavy atom. The second kappa shape index (κ2) is 14.2. The topological polar surface area (TPSA) is 67.6 Å². The molecule has 1 saturated heterocycles. The van der Waals surface area contributed by atoms with Crippen LogP contribution >= 0.6 is 24.8 Å². The average molecular weight is 434 g/mol. The van der Waals surface area contributed by atoms with Crippen LogP contribution in [0.4, 0.5) is 0 Å². The summed E-state index contributed by atoms with van der Waals surface area (Å²) in [7, 11) is 0. The Morgan fingerprint density at radius 1 is 1.14 bits per heavy atom. The minimum Gasteiger partial charge on any atom is -0.379 e. The maximum absolute atomic E-state index is 12.7. The number of morpholine rings is 1. The summed E-state index contributed by atoms with van der Waals surface area (Å²) >= 11 is 0. The fraction of sp³-hybridized carbons (Fsp3) is 0.667. The van der Waals surface area contributed by atoms with Crippen molar-refractivity contribution in [2.45, 2.75) is 45.7 Å². The Labute approximate surface area is 182 Å². The summed E-state index contributed by atoms with van der Waals surface area (Å²) in [5.41, 5.74) is 7.31. The van der Waals surface area contributed by atoms with Crippen molar-refractivity contribution in [3.63, 3.8) is 0 Å². The van der Waals surface area contributed by atoms with Crippen LogP contribution in [0.1, 0.15) is 45.2 Å². The van der Waals surface area contributed by atoms with Crippen molar-refractivity contribution >= 4 is 30.7 Å². The molecule has 28 heavy (non-hydrogen) atoms. The predicted octanol–water partition coefficient (Wildman–Crippen LogP) is 3.42. The van der Waals surface area contributed by atoms with Gasteiger partial charge in [-0.25, -0.2) is 0 Å². The first-order valence-corrected chi connectivity index (χ1v) is 9.98. The van der Waals surface area contributed by atoms with Gasteiger partial charge in [-0.1, -0.05) is 63.9 Å². The van der Waals surface area contributed by atoms with E-state index < -0.39 is 0 Å². The zero-order chi connectivity index (χ0) is 18.9. The molecule has 3 unspecified atom stereocenters. The van der Waals surface area contributed by atoms with Crippen molar-refractivity contribution in [3.05, 3.63) is 35.9 Å². The van der Waals surface area contributed by atoms with Gasteiger partial charge in [0.2, 0.25) is 5.91 Å². The van der Waals surface area contributed by atoms with Crippen LogP contribution < -0.4 is 11.1 Å². The van der Waals surface area contributed by atoms with Crippen LogP contribution in [0.2, 0.25) is 0 Å². The van der Waals surface area contributed by atoms with Crippen molar-refractivity contribution in [2.24, 2.45) is 17.6 Å². The number of nitrogens with zero attached hydrogens (tertiary/aromatic N) is 1. The molecule has 0 saturated carbocycles. The monoisotopic (exact) mass is 433 g/mol. The third-order valence-corrected chi connectivity index (χ3v) is 5.73. The largest absolute Gasteiger partial charge is 0.379 e. The van der Waals surface area contributed by atoms with Gasteiger partial charge in [-0.05, 0) is 11.5 Å². The summed E-state index contributed by atoms with van der Waals surface area (Å²) in [5.74, 6) is 0.349. The fourth-order valence-corrected chi connectivity index (χ4v) is 3.83. The first-order chi connectivity index (χ1) is 12.6. The zero-order valence-electron chi connectivity index (χ0n) is 17.3. The highest BCUT2D eigenvalue weighted by atomic mass is 35.5. The molecule has 2 rings (SSSR count). The van der Waals surface area contributed by atoms with Gasteiger partial charge in [0.1, 0.15) is 0 Å². The van der Waals surface area contributed by atoms with Gasteiger partial charge in [0, 0.05) is 31.7 Å². The number of amides is 1. The smallest absolute Gasteiger partial charge is 0.224 e. The maximum Gasteiger partial charge on any atom is 0.224 e. The number of nitrogens with one attached hydrogen (secondary N) is 1. The normalized spacial score (nSPS) is 17.8. The van der Waals surface area contributed by atoms with Gasteiger partial charge in [0.15, 0.2) is 0 Å². The van der Waals surface area contributed by atoms with Gasteiger partial charge in [-0.2, -0.15) is 0 Å². The first-order valence-electron chi connectivity index (χ1n) is 9.98. The molecule has 7 heteroatoms. The van der Waals surface area contributed by atoms with E-state index in [4.69, 9.17) is 10.5 Å². The Bertz CT molecular complexity index is 538. The summed E-state index contributed by atoms with van der Waals surface area (Å²) in [6.45, 7) is 10.5. The molecule has 0 spiro atoms. The van der Waals surface area contributed by atoms with Gasteiger partial charge in [-0.3, -0.25) is 9.69 Å². The average Bonchev–Trinajstić information content (AvgIpc) is 2.71. The Kier molecular flexibility index (Phi) is 13.8. The molecule has 1 aliphatic heterocycles. The predicted molar refractivity (Wildman–Crippen MR) is 120 cm³/mol.